The molecule has 2 heterocycles. The lowest BCUT2D eigenvalue weighted by molar-refractivity contribution is 0.0974. The number of rotatable bonds is 7. The van der Waals surface area contributed by atoms with E-state index in [0.717, 1.165) is 66.1 Å². The fourth-order valence-electron chi connectivity index (χ4n) is 4.20. The molecular weight excluding hydrogens is 422 g/mol. The minimum atomic E-state index is 0.703. The molecule has 0 bridgehead atoms. The Morgan fingerprint density at radius 1 is 0.938 bits per heavy atom. The van der Waals surface area contributed by atoms with Crippen molar-refractivity contribution >= 4 is 12.2 Å². The van der Waals surface area contributed by atoms with Crippen molar-refractivity contribution in [2.45, 2.75) is 27.1 Å². The molecular formula is C24H31N5O2S. The molecule has 0 aliphatic carbocycles. The van der Waals surface area contributed by atoms with Crippen LogP contribution < -0.4 is 9.47 Å². The predicted octanol–water partition coefficient (Wildman–Crippen LogP) is 3.81. The molecule has 2 aromatic carbocycles. The molecule has 3 aromatic rings. The van der Waals surface area contributed by atoms with Crippen LogP contribution in [0.2, 0.25) is 0 Å². The first-order valence-electron chi connectivity index (χ1n) is 10.9. The second kappa shape index (κ2) is 9.85. The van der Waals surface area contributed by atoms with Gasteiger partial charge in [-0.15, -0.1) is 0 Å². The molecule has 8 heteroatoms. The summed E-state index contributed by atoms with van der Waals surface area (Å²) in [5, 5.41) is 4.73. The fourth-order valence-corrected chi connectivity index (χ4v) is 4.53. The van der Waals surface area contributed by atoms with Gasteiger partial charge in [0.1, 0.15) is 17.3 Å². The third-order valence-electron chi connectivity index (χ3n) is 5.94. The Hall–Kier alpha value is -2.68. The molecule has 7 nitrogen and oxygen atoms in total. The monoisotopic (exact) mass is 453 g/mol. The SMILES string of the molecule is COc1ccc(OC)c(CN2CCN(Cn3nc(C)n(-c4cccc(C)c4)c3=S)CC2)c1. The molecule has 0 spiro atoms. The largest absolute Gasteiger partial charge is 0.497 e. The van der Waals surface area contributed by atoms with Crippen molar-refractivity contribution < 1.29 is 9.47 Å². The maximum Gasteiger partial charge on any atom is 0.203 e. The molecule has 0 saturated carbocycles. The number of hydrogen-bond donors (Lipinski definition) is 0. The molecule has 0 N–H and O–H groups in total. The molecule has 1 aromatic heterocycles. The van der Waals surface area contributed by atoms with Gasteiger partial charge in [0.15, 0.2) is 0 Å². The van der Waals surface area contributed by atoms with Crippen molar-refractivity contribution in [3.63, 3.8) is 0 Å². The van der Waals surface area contributed by atoms with Crippen LogP contribution in [-0.4, -0.2) is 64.5 Å². The highest BCUT2D eigenvalue weighted by molar-refractivity contribution is 7.71. The smallest absolute Gasteiger partial charge is 0.203 e. The van der Waals surface area contributed by atoms with E-state index in [1.54, 1.807) is 14.2 Å². The van der Waals surface area contributed by atoms with E-state index in [-0.39, 0.29) is 0 Å². The summed E-state index contributed by atoms with van der Waals surface area (Å²) >= 11 is 5.77. The van der Waals surface area contributed by atoms with Gasteiger partial charge < -0.3 is 9.47 Å². The lowest BCUT2D eigenvalue weighted by Gasteiger charge is -2.34. The fraction of sp³-hybridized carbons (Fsp3) is 0.417. The topological polar surface area (TPSA) is 47.7 Å². The third-order valence-corrected chi connectivity index (χ3v) is 6.33. The number of aromatic nitrogens is 3. The summed E-state index contributed by atoms with van der Waals surface area (Å²) in [6, 6.07) is 14.3. The highest BCUT2D eigenvalue weighted by Crippen LogP contribution is 2.25. The Morgan fingerprint density at radius 2 is 1.69 bits per heavy atom. The molecule has 4 rings (SSSR count). The summed E-state index contributed by atoms with van der Waals surface area (Å²) in [6.45, 7) is 9.52. The highest BCUT2D eigenvalue weighted by Gasteiger charge is 2.20. The number of hydrogen-bond acceptors (Lipinski definition) is 6. The molecule has 0 unspecified atom stereocenters. The van der Waals surface area contributed by atoms with E-state index in [1.165, 1.54) is 5.56 Å². The standard InChI is InChI=1S/C24H31N5O2S/c1-18-6-5-7-21(14-18)29-19(2)25-28(24(29)32)17-27-12-10-26(11-13-27)16-20-15-22(30-3)8-9-23(20)31-4/h5-9,14-15H,10-13,16-17H2,1-4H3. The van der Waals surface area contributed by atoms with Gasteiger partial charge in [-0.2, -0.15) is 5.10 Å². The molecule has 0 atom stereocenters. The van der Waals surface area contributed by atoms with Crippen molar-refractivity contribution in [3.8, 4) is 17.2 Å². The first-order valence-corrected chi connectivity index (χ1v) is 11.3. The number of benzene rings is 2. The van der Waals surface area contributed by atoms with E-state index in [9.17, 15) is 0 Å². The molecule has 32 heavy (non-hydrogen) atoms. The number of ether oxygens (including phenoxy) is 2. The normalized spacial score (nSPS) is 15.1. The lowest BCUT2D eigenvalue weighted by atomic mass is 10.1. The summed E-state index contributed by atoms with van der Waals surface area (Å²) < 4.78 is 15.6. The zero-order valence-electron chi connectivity index (χ0n) is 19.2. The van der Waals surface area contributed by atoms with Crippen LogP contribution in [0.3, 0.4) is 0 Å². The summed E-state index contributed by atoms with van der Waals surface area (Å²) in [5.41, 5.74) is 3.42. The average molecular weight is 454 g/mol. The highest BCUT2D eigenvalue weighted by atomic mass is 32.1. The number of methoxy groups -OCH3 is 2. The first-order chi connectivity index (χ1) is 15.5. The number of nitrogens with zero attached hydrogens (tertiary/aromatic N) is 5. The van der Waals surface area contributed by atoms with Gasteiger partial charge in [-0.1, -0.05) is 12.1 Å². The average Bonchev–Trinajstić information content (AvgIpc) is 3.07. The van der Waals surface area contributed by atoms with E-state index in [1.807, 2.05) is 28.3 Å². The van der Waals surface area contributed by atoms with E-state index in [4.69, 9.17) is 26.8 Å². The van der Waals surface area contributed by atoms with E-state index in [2.05, 4.69) is 47.1 Å². The second-order valence-corrected chi connectivity index (χ2v) is 8.58. The second-order valence-electron chi connectivity index (χ2n) is 8.22. The van der Waals surface area contributed by atoms with Gasteiger partial charge in [0.05, 0.1) is 20.9 Å². The Balaban J connectivity index is 1.40. The lowest BCUT2D eigenvalue weighted by Crippen LogP contribution is -2.46. The van der Waals surface area contributed by atoms with Crippen LogP contribution in [0.1, 0.15) is 17.0 Å². The van der Waals surface area contributed by atoms with Crippen molar-refractivity contribution in [2.75, 3.05) is 40.4 Å². The van der Waals surface area contributed by atoms with Crippen LogP contribution in [0, 0.1) is 18.6 Å². The molecule has 1 fully saturated rings. The zero-order chi connectivity index (χ0) is 22.7. The van der Waals surface area contributed by atoms with Gasteiger partial charge in [-0.05, 0) is 62.0 Å². The van der Waals surface area contributed by atoms with Crippen LogP contribution in [0.5, 0.6) is 11.5 Å². The Kier molecular flexibility index (Phi) is 6.93. The molecule has 1 saturated heterocycles. The Morgan fingerprint density at radius 3 is 2.38 bits per heavy atom. The van der Waals surface area contributed by atoms with Gasteiger partial charge in [-0.3, -0.25) is 14.4 Å². The quantitative estimate of drug-likeness (QED) is 0.507. The maximum absolute atomic E-state index is 5.77. The predicted molar refractivity (Wildman–Crippen MR) is 128 cm³/mol. The molecule has 0 radical (unpaired) electrons. The van der Waals surface area contributed by atoms with Gasteiger partial charge in [0.25, 0.3) is 0 Å². The number of aryl methyl sites for hydroxylation is 2. The van der Waals surface area contributed by atoms with Crippen LogP contribution in [0.15, 0.2) is 42.5 Å². The maximum atomic E-state index is 5.77. The van der Waals surface area contributed by atoms with Gasteiger partial charge in [0.2, 0.25) is 4.77 Å². The van der Waals surface area contributed by atoms with Gasteiger partial charge in [0, 0.05) is 44.0 Å². The molecule has 1 aliphatic heterocycles. The van der Waals surface area contributed by atoms with E-state index < -0.39 is 0 Å². The van der Waals surface area contributed by atoms with E-state index in [0.29, 0.717) is 6.67 Å². The van der Waals surface area contributed by atoms with Crippen molar-refractivity contribution in [3.05, 3.63) is 64.2 Å². The summed E-state index contributed by atoms with van der Waals surface area (Å²) in [4.78, 5) is 4.85. The minimum Gasteiger partial charge on any atom is -0.497 e. The van der Waals surface area contributed by atoms with E-state index >= 15 is 0 Å². The Labute approximate surface area is 194 Å². The van der Waals surface area contributed by atoms with Crippen LogP contribution >= 0.6 is 12.2 Å². The van der Waals surface area contributed by atoms with Crippen molar-refractivity contribution in [1.29, 1.82) is 0 Å². The van der Waals surface area contributed by atoms with Crippen LogP contribution in [0.25, 0.3) is 5.69 Å². The zero-order valence-corrected chi connectivity index (χ0v) is 20.1. The molecule has 1 aliphatic rings. The Bertz CT molecular complexity index is 1130. The summed E-state index contributed by atoms with van der Waals surface area (Å²) in [7, 11) is 3.40. The minimum absolute atomic E-state index is 0.703. The van der Waals surface area contributed by atoms with Crippen LogP contribution in [0.4, 0.5) is 0 Å². The summed E-state index contributed by atoms with van der Waals surface area (Å²) in [5.74, 6) is 2.66. The number of piperazine rings is 1. The van der Waals surface area contributed by atoms with Crippen molar-refractivity contribution in [1.82, 2.24) is 24.1 Å². The summed E-state index contributed by atoms with van der Waals surface area (Å²) in [6.07, 6.45) is 0. The van der Waals surface area contributed by atoms with Crippen LogP contribution in [-0.2, 0) is 13.2 Å². The van der Waals surface area contributed by atoms with Crippen molar-refractivity contribution in [2.24, 2.45) is 0 Å². The van der Waals surface area contributed by atoms with Gasteiger partial charge in [-0.25, -0.2) is 4.68 Å². The van der Waals surface area contributed by atoms with Gasteiger partial charge >= 0.3 is 0 Å². The molecule has 170 valence electrons. The third kappa shape index (κ3) is 4.87. The first kappa shape index (κ1) is 22.5. The molecule has 0 amide bonds.